The second-order valence-corrected chi connectivity index (χ2v) is 8.25. The molecule has 0 aliphatic heterocycles. The number of ether oxygens (including phenoxy) is 1. The lowest BCUT2D eigenvalue weighted by atomic mass is 10.1. The normalized spacial score (nSPS) is 10.5. The van der Waals surface area contributed by atoms with Crippen LogP contribution in [0.25, 0.3) is 0 Å². The topological polar surface area (TPSA) is 58.6 Å². The summed E-state index contributed by atoms with van der Waals surface area (Å²) in [6.07, 6.45) is 5.57. The summed E-state index contributed by atoms with van der Waals surface area (Å²) in [6, 6.07) is 26.4. The van der Waals surface area contributed by atoms with E-state index in [0.29, 0.717) is 37.2 Å². The molecule has 0 aliphatic rings. The van der Waals surface area contributed by atoms with E-state index < -0.39 is 0 Å². The summed E-state index contributed by atoms with van der Waals surface area (Å²) in [5.41, 5.74) is 1.42. The van der Waals surface area contributed by atoms with Gasteiger partial charge >= 0.3 is 0 Å². The molecule has 3 aromatic carbocycles. The quantitative estimate of drug-likeness (QED) is 0.294. The molecule has 34 heavy (non-hydrogen) atoms. The maximum atomic E-state index is 13.3. The van der Waals surface area contributed by atoms with Crippen molar-refractivity contribution in [2.45, 2.75) is 45.4 Å². The van der Waals surface area contributed by atoms with Gasteiger partial charge in [-0.05, 0) is 61.4 Å². The zero-order chi connectivity index (χ0) is 24.0. The van der Waals surface area contributed by atoms with Crippen LogP contribution in [-0.2, 0) is 4.79 Å². The minimum atomic E-state index is -0.0665. The highest BCUT2D eigenvalue weighted by Gasteiger charge is 2.17. The van der Waals surface area contributed by atoms with E-state index in [4.69, 9.17) is 4.74 Å². The van der Waals surface area contributed by atoms with Gasteiger partial charge in [0.05, 0.1) is 0 Å². The lowest BCUT2D eigenvalue weighted by Crippen LogP contribution is -2.34. The molecule has 0 unspecified atom stereocenters. The summed E-state index contributed by atoms with van der Waals surface area (Å²) in [4.78, 5) is 27.1. The molecule has 3 aromatic rings. The minimum absolute atomic E-state index is 0.0665. The van der Waals surface area contributed by atoms with Crippen molar-refractivity contribution in [2.75, 3.05) is 18.0 Å². The molecule has 2 amide bonds. The van der Waals surface area contributed by atoms with Crippen molar-refractivity contribution in [2.24, 2.45) is 0 Å². The van der Waals surface area contributed by atoms with Crippen molar-refractivity contribution in [3.63, 3.8) is 0 Å². The fraction of sp³-hybridized carbons (Fsp3) is 0.310. The van der Waals surface area contributed by atoms with Gasteiger partial charge in [0.2, 0.25) is 5.91 Å². The maximum absolute atomic E-state index is 13.3. The van der Waals surface area contributed by atoms with Gasteiger partial charge in [0.25, 0.3) is 5.91 Å². The van der Waals surface area contributed by atoms with Gasteiger partial charge in [-0.15, -0.1) is 0 Å². The van der Waals surface area contributed by atoms with Gasteiger partial charge in [-0.2, -0.15) is 0 Å². The molecule has 178 valence electrons. The first kappa shape index (κ1) is 25.0. The predicted molar refractivity (Wildman–Crippen MR) is 137 cm³/mol. The van der Waals surface area contributed by atoms with E-state index >= 15 is 0 Å². The molecular formula is C29H34N2O3. The molecule has 0 saturated carbocycles. The van der Waals surface area contributed by atoms with Crippen molar-refractivity contribution in [1.82, 2.24) is 5.32 Å². The number of rotatable bonds is 13. The minimum Gasteiger partial charge on any atom is -0.457 e. The van der Waals surface area contributed by atoms with Crippen LogP contribution in [0.15, 0.2) is 84.9 Å². The molecule has 1 N–H and O–H groups in total. The van der Waals surface area contributed by atoms with Crippen LogP contribution < -0.4 is 15.0 Å². The Hall–Kier alpha value is -3.60. The Labute approximate surface area is 202 Å². The van der Waals surface area contributed by atoms with Crippen LogP contribution in [0.2, 0.25) is 0 Å². The number of nitrogens with one attached hydrogen (secondary N) is 1. The molecule has 5 nitrogen and oxygen atoms in total. The molecular weight excluding hydrogens is 424 g/mol. The molecule has 0 saturated heterocycles. The van der Waals surface area contributed by atoms with Crippen LogP contribution in [-0.4, -0.2) is 24.9 Å². The van der Waals surface area contributed by atoms with Crippen LogP contribution in [0.3, 0.4) is 0 Å². The number of unbranched alkanes of at least 4 members (excludes halogenated alkanes) is 3. The van der Waals surface area contributed by atoms with E-state index in [0.717, 1.165) is 30.7 Å². The number of carbonyl (C=O) groups excluding carboxylic acids is 2. The van der Waals surface area contributed by atoms with Gasteiger partial charge in [0.15, 0.2) is 0 Å². The standard InChI is InChI=1S/C29H34N2O3/c1-2-3-4-11-17-28(32)30-22-12-23-31(29(33)24-13-7-5-8-14-24)25-18-20-27(21-19-25)34-26-15-9-6-10-16-26/h5-10,13-16,18-21H,2-4,11-12,17,22-23H2,1H3,(H,30,32). The lowest BCUT2D eigenvalue weighted by molar-refractivity contribution is -0.121. The average molecular weight is 459 g/mol. The SMILES string of the molecule is CCCCCCC(=O)NCCCN(C(=O)c1ccccc1)c1ccc(Oc2ccccc2)cc1. The van der Waals surface area contributed by atoms with Crippen molar-refractivity contribution in [3.05, 3.63) is 90.5 Å². The zero-order valence-electron chi connectivity index (χ0n) is 19.9. The first-order valence-electron chi connectivity index (χ1n) is 12.1. The van der Waals surface area contributed by atoms with Crippen LogP contribution >= 0.6 is 0 Å². The number of nitrogens with zero attached hydrogens (tertiary/aromatic N) is 1. The summed E-state index contributed by atoms with van der Waals surface area (Å²) >= 11 is 0. The van der Waals surface area contributed by atoms with E-state index in [9.17, 15) is 9.59 Å². The third-order valence-corrected chi connectivity index (χ3v) is 5.53. The van der Waals surface area contributed by atoms with Gasteiger partial charge in [0, 0.05) is 30.8 Å². The molecule has 0 radical (unpaired) electrons. The zero-order valence-corrected chi connectivity index (χ0v) is 19.9. The van der Waals surface area contributed by atoms with Gasteiger partial charge in [-0.1, -0.05) is 62.6 Å². The summed E-state index contributed by atoms with van der Waals surface area (Å²) in [5, 5.41) is 2.98. The molecule has 0 fully saturated rings. The van der Waals surface area contributed by atoms with E-state index in [1.54, 1.807) is 4.90 Å². The largest absolute Gasteiger partial charge is 0.457 e. The van der Waals surface area contributed by atoms with Gasteiger partial charge in [-0.25, -0.2) is 0 Å². The molecule has 0 spiro atoms. The molecule has 0 aromatic heterocycles. The van der Waals surface area contributed by atoms with Crippen LogP contribution in [0, 0.1) is 0 Å². The fourth-order valence-electron chi connectivity index (χ4n) is 3.67. The highest BCUT2D eigenvalue weighted by atomic mass is 16.5. The second-order valence-electron chi connectivity index (χ2n) is 8.25. The highest BCUT2D eigenvalue weighted by molar-refractivity contribution is 6.06. The Morgan fingerprint density at radius 2 is 1.41 bits per heavy atom. The first-order chi connectivity index (χ1) is 16.7. The number of amides is 2. The Kier molecular flexibility index (Phi) is 10.2. The summed E-state index contributed by atoms with van der Waals surface area (Å²) < 4.78 is 5.88. The Balaban J connectivity index is 1.61. The fourth-order valence-corrected chi connectivity index (χ4v) is 3.67. The van der Waals surface area contributed by atoms with Crippen molar-refractivity contribution in [1.29, 1.82) is 0 Å². The highest BCUT2D eigenvalue weighted by Crippen LogP contribution is 2.25. The number of para-hydroxylation sites is 1. The maximum Gasteiger partial charge on any atom is 0.258 e. The summed E-state index contributed by atoms with van der Waals surface area (Å²) in [6.45, 7) is 3.20. The van der Waals surface area contributed by atoms with Crippen molar-refractivity contribution >= 4 is 17.5 Å². The van der Waals surface area contributed by atoms with Gasteiger partial charge in [-0.3, -0.25) is 9.59 Å². The number of anilines is 1. The van der Waals surface area contributed by atoms with Crippen molar-refractivity contribution < 1.29 is 14.3 Å². The average Bonchev–Trinajstić information content (AvgIpc) is 2.88. The van der Waals surface area contributed by atoms with Crippen molar-refractivity contribution in [3.8, 4) is 11.5 Å². The lowest BCUT2D eigenvalue weighted by Gasteiger charge is -2.23. The molecule has 0 bridgehead atoms. The molecule has 5 heteroatoms. The summed E-state index contributed by atoms with van der Waals surface area (Å²) in [5.74, 6) is 1.48. The molecule has 0 atom stereocenters. The smallest absolute Gasteiger partial charge is 0.258 e. The van der Waals surface area contributed by atoms with E-state index in [-0.39, 0.29) is 11.8 Å². The monoisotopic (exact) mass is 458 g/mol. The van der Waals surface area contributed by atoms with Crippen LogP contribution in [0.5, 0.6) is 11.5 Å². The Morgan fingerprint density at radius 3 is 2.09 bits per heavy atom. The van der Waals surface area contributed by atoms with Crippen LogP contribution in [0.4, 0.5) is 5.69 Å². The summed E-state index contributed by atoms with van der Waals surface area (Å²) in [7, 11) is 0. The Bertz CT molecular complexity index is 1000. The number of hydrogen-bond acceptors (Lipinski definition) is 3. The number of hydrogen-bond donors (Lipinski definition) is 1. The predicted octanol–water partition coefficient (Wildman–Crippen LogP) is 6.60. The molecule has 0 aliphatic carbocycles. The molecule has 0 heterocycles. The van der Waals surface area contributed by atoms with Gasteiger partial charge < -0.3 is 15.0 Å². The number of benzene rings is 3. The first-order valence-corrected chi connectivity index (χ1v) is 12.1. The van der Waals surface area contributed by atoms with E-state index in [1.165, 1.54) is 6.42 Å². The Morgan fingerprint density at radius 1 is 0.765 bits per heavy atom. The second kappa shape index (κ2) is 13.8. The van der Waals surface area contributed by atoms with Gasteiger partial charge in [0.1, 0.15) is 11.5 Å². The third-order valence-electron chi connectivity index (χ3n) is 5.53. The van der Waals surface area contributed by atoms with E-state index in [2.05, 4.69) is 12.2 Å². The number of carbonyl (C=O) groups is 2. The molecule has 3 rings (SSSR count). The van der Waals surface area contributed by atoms with E-state index in [1.807, 2.05) is 84.9 Å². The third kappa shape index (κ3) is 8.07. The van der Waals surface area contributed by atoms with Crippen LogP contribution in [0.1, 0.15) is 55.8 Å².